The molecule has 2 N–H and O–H groups in total. The molecular weight excluding hydrogens is 236 g/mol. The minimum absolute atomic E-state index is 0.0363. The molecule has 2 nitrogen and oxygen atoms in total. The van der Waals surface area contributed by atoms with E-state index in [1.165, 1.54) is 19.3 Å². The maximum atomic E-state index is 10.00. The molecule has 2 heteroatoms. The third-order valence-corrected chi connectivity index (χ3v) is 7.39. The Morgan fingerprint density at radius 3 is 2.37 bits per heavy atom. The number of fused-ring (bicyclic) bond motifs is 1. The second-order valence-corrected chi connectivity index (χ2v) is 7.97. The molecule has 5 atom stereocenters. The third-order valence-electron chi connectivity index (χ3n) is 7.39. The standard InChI is InChI=1S/C17H28O2/c1-11-5-6-17-12(7-11)8-16(4,15(17,2)3)13(9-18)14(17)10-19/h8,11,13-14,18-19H,5-7,9-10H2,1-4H3/t11-,13+,14-,16+,17-/m1/s1. The van der Waals surface area contributed by atoms with Crippen molar-refractivity contribution in [2.45, 2.75) is 47.0 Å². The van der Waals surface area contributed by atoms with E-state index in [-0.39, 0.29) is 41.3 Å². The van der Waals surface area contributed by atoms with Crippen LogP contribution in [0.15, 0.2) is 11.6 Å². The molecule has 2 bridgehead atoms. The van der Waals surface area contributed by atoms with E-state index in [0.717, 1.165) is 5.92 Å². The van der Waals surface area contributed by atoms with Gasteiger partial charge in [0.2, 0.25) is 0 Å². The maximum Gasteiger partial charge on any atom is 0.0471 e. The van der Waals surface area contributed by atoms with Crippen LogP contribution in [-0.4, -0.2) is 23.4 Å². The van der Waals surface area contributed by atoms with E-state index < -0.39 is 0 Å². The first-order chi connectivity index (χ1) is 8.85. The fourth-order valence-electron chi connectivity index (χ4n) is 6.04. The molecule has 0 heterocycles. The van der Waals surface area contributed by atoms with Gasteiger partial charge in [-0.2, -0.15) is 0 Å². The van der Waals surface area contributed by atoms with Crippen LogP contribution in [0.4, 0.5) is 0 Å². The molecule has 19 heavy (non-hydrogen) atoms. The number of aliphatic hydroxyl groups excluding tert-OH is 2. The average Bonchev–Trinajstić information content (AvgIpc) is 2.60. The van der Waals surface area contributed by atoms with E-state index in [1.807, 2.05) is 0 Å². The quantitative estimate of drug-likeness (QED) is 0.753. The summed E-state index contributed by atoms with van der Waals surface area (Å²) in [5.74, 6) is 1.22. The lowest BCUT2D eigenvalue weighted by atomic mass is 9.55. The molecule has 3 aliphatic rings. The second-order valence-electron chi connectivity index (χ2n) is 7.97. The first kappa shape index (κ1) is 13.6. The van der Waals surface area contributed by atoms with Crippen LogP contribution in [0.1, 0.15) is 47.0 Å². The van der Waals surface area contributed by atoms with Crippen molar-refractivity contribution >= 4 is 0 Å². The normalized spacial score (nSPS) is 51.1. The summed E-state index contributed by atoms with van der Waals surface area (Å²) in [4.78, 5) is 0. The van der Waals surface area contributed by atoms with Crippen LogP contribution in [-0.2, 0) is 0 Å². The van der Waals surface area contributed by atoms with E-state index in [9.17, 15) is 10.2 Å². The van der Waals surface area contributed by atoms with Gasteiger partial charge in [0.25, 0.3) is 0 Å². The SMILES string of the molecule is C[C@@H]1CC[C@@]23C(=C[C@@](C)([C@@H](CO)[C@H]2CO)C3(C)C)C1. The molecule has 3 rings (SSSR count). The molecule has 2 fully saturated rings. The van der Waals surface area contributed by atoms with Gasteiger partial charge in [0.05, 0.1) is 0 Å². The molecule has 0 aromatic carbocycles. The predicted molar refractivity (Wildman–Crippen MR) is 76.6 cm³/mol. The van der Waals surface area contributed by atoms with Crippen molar-refractivity contribution in [2.75, 3.05) is 13.2 Å². The van der Waals surface area contributed by atoms with Crippen LogP contribution in [0.2, 0.25) is 0 Å². The van der Waals surface area contributed by atoms with Crippen molar-refractivity contribution in [2.24, 2.45) is 34.0 Å². The predicted octanol–water partition coefficient (Wildman–Crippen LogP) is 3.00. The van der Waals surface area contributed by atoms with Crippen LogP contribution >= 0.6 is 0 Å². The fourth-order valence-corrected chi connectivity index (χ4v) is 6.04. The van der Waals surface area contributed by atoms with Gasteiger partial charge in [0, 0.05) is 18.6 Å². The topological polar surface area (TPSA) is 40.5 Å². The van der Waals surface area contributed by atoms with Gasteiger partial charge in [0.1, 0.15) is 0 Å². The summed E-state index contributed by atoms with van der Waals surface area (Å²) < 4.78 is 0. The highest BCUT2D eigenvalue weighted by molar-refractivity contribution is 5.41. The Morgan fingerprint density at radius 1 is 1.16 bits per heavy atom. The van der Waals surface area contributed by atoms with Crippen molar-refractivity contribution in [1.29, 1.82) is 0 Å². The minimum atomic E-state index is 0.0363. The van der Waals surface area contributed by atoms with Gasteiger partial charge >= 0.3 is 0 Å². The van der Waals surface area contributed by atoms with E-state index in [2.05, 4.69) is 33.8 Å². The highest BCUT2D eigenvalue weighted by Crippen LogP contribution is 2.78. The monoisotopic (exact) mass is 264 g/mol. The minimum Gasteiger partial charge on any atom is -0.396 e. The Kier molecular flexibility index (Phi) is 2.77. The number of hydrogen-bond donors (Lipinski definition) is 2. The van der Waals surface area contributed by atoms with E-state index in [4.69, 9.17) is 0 Å². The number of hydrogen-bond acceptors (Lipinski definition) is 2. The Balaban J connectivity index is 2.17. The van der Waals surface area contributed by atoms with Gasteiger partial charge < -0.3 is 10.2 Å². The first-order valence-electron chi connectivity index (χ1n) is 7.79. The van der Waals surface area contributed by atoms with Crippen LogP contribution in [0.3, 0.4) is 0 Å². The summed E-state index contributed by atoms with van der Waals surface area (Å²) in [6.07, 6.45) is 6.11. The zero-order valence-electron chi connectivity index (χ0n) is 12.7. The molecule has 0 saturated heterocycles. The Hall–Kier alpha value is -0.340. The van der Waals surface area contributed by atoms with Crippen LogP contribution < -0.4 is 0 Å². The van der Waals surface area contributed by atoms with Gasteiger partial charge in [-0.1, -0.05) is 39.3 Å². The van der Waals surface area contributed by atoms with Crippen molar-refractivity contribution in [1.82, 2.24) is 0 Å². The van der Waals surface area contributed by atoms with Gasteiger partial charge in [-0.3, -0.25) is 0 Å². The lowest BCUT2D eigenvalue weighted by molar-refractivity contribution is 0.0214. The van der Waals surface area contributed by atoms with Crippen molar-refractivity contribution in [3.63, 3.8) is 0 Å². The third kappa shape index (κ3) is 1.26. The number of rotatable bonds is 2. The molecule has 0 amide bonds. The number of allylic oxidation sites excluding steroid dienone is 2. The molecule has 0 aromatic rings. The largest absolute Gasteiger partial charge is 0.396 e. The molecule has 3 aliphatic carbocycles. The molecule has 0 aromatic heterocycles. The maximum absolute atomic E-state index is 10.00. The molecule has 0 radical (unpaired) electrons. The summed E-state index contributed by atoms with van der Waals surface area (Å²) >= 11 is 0. The Labute approximate surface area is 116 Å². The van der Waals surface area contributed by atoms with Crippen LogP contribution in [0.25, 0.3) is 0 Å². The molecule has 108 valence electrons. The Morgan fingerprint density at radius 2 is 1.79 bits per heavy atom. The lowest BCUT2D eigenvalue weighted by Crippen LogP contribution is -2.43. The zero-order chi connectivity index (χ0) is 14.1. The molecule has 1 spiro atoms. The lowest BCUT2D eigenvalue weighted by Gasteiger charge is -2.49. The molecule has 0 aliphatic heterocycles. The molecular formula is C17H28O2. The van der Waals surface area contributed by atoms with E-state index >= 15 is 0 Å². The highest BCUT2D eigenvalue weighted by Gasteiger charge is 2.73. The van der Waals surface area contributed by atoms with Crippen molar-refractivity contribution in [3.05, 3.63) is 11.6 Å². The highest BCUT2D eigenvalue weighted by atomic mass is 16.3. The second kappa shape index (κ2) is 3.85. The first-order valence-corrected chi connectivity index (χ1v) is 7.79. The zero-order valence-corrected chi connectivity index (χ0v) is 12.7. The van der Waals surface area contributed by atoms with Gasteiger partial charge in [0.15, 0.2) is 0 Å². The van der Waals surface area contributed by atoms with Gasteiger partial charge in [-0.25, -0.2) is 0 Å². The van der Waals surface area contributed by atoms with E-state index in [0.29, 0.717) is 0 Å². The fraction of sp³-hybridized carbons (Fsp3) is 0.882. The Bertz CT molecular complexity index is 425. The summed E-state index contributed by atoms with van der Waals surface area (Å²) in [7, 11) is 0. The van der Waals surface area contributed by atoms with Crippen LogP contribution in [0, 0.1) is 34.0 Å². The van der Waals surface area contributed by atoms with Gasteiger partial charge in [-0.15, -0.1) is 0 Å². The molecule has 0 unspecified atom stereocenters. The van der Waals surface area contributed by atoms with Crippen molar-refractivity contribution in [3.8, 4) is 0 Å². The van der Waals surface area contributed by atoms with Gasteiger partial charge in [-0.05, 0) is 47.8 Å². The summed E-state index contributed by atoms with van der Waals surface area (Å²) in [6.45, 7) is 9.80. The molecule has 2 saturated carbocycles. The summed E-state index contributed by atoms with van der Waals surface area (Å²) in [6, 6.07) is 0. The summed E-state index contributed by atoms with van der Waals surface area (Å²) in [5, 5.41) is 19.9. The smallest absolute Gasteiger partial charge is 0.0471 e. The van der Waals surface area contributed by atoms with Crippen LogP contribution in [0.5, 0.6) is 0 Å². The van der Waals surface area contributed by atoms with Crippen molar-refractivity contribution < 1.29 is 10.2 Å². The van der Waals surface area contributed by atoms with E-state index in [1.54, 1.807) is 5.57 Å². The number of aliphatic hydroxyl groups is 2. The summed E-state index contributed by atoms with van der Waals surface area (Å²) in [5.41, 5.74) is 1.91. The average molecular weight is 264 g/mol.